The first-order valence-corrected chi connectivity index (χ1v) is 12.3. The van der Waals surface area contributed by atoms with E-state index >= 15 is 0 Å². The molecule has 2 aromatic heterocycles. The molecule has 0 aliphatic carbocycles. The average Bonchev–Trinajstić information content (AvgIpc) is 3.54. The van der Waals surface area contributed by atoms with Crippen molar-refractivity contribution in [1.29, 1.82) is 0 Å². The first-order chi connectivity index (χ1) is 17.6. The molecule has 0 bridgehead atoms. The molecule has 36 heavy (non-hydrogen) atoms. The summed E-state index contributed by atoms with van der Waals surface area (Å²) in [6.07, 6.45) is 6.43. The van der Waals surface area contributed by atoms with Crippen LogP contribution in [-0.2, 0) is 11.2 Å². The van der Waals surface area contributed by atoms with Crippen molar-refractivity contribution in [3.8, 4) is 17.0 Å². The van der Waals surface area contributed by atoms with Gasteiger partial charge >= 0.3 is 0 Å². The lowest BCUT2D eigenvalue weighted by Crippen LogP contribution is -2.08. The summed E-state index contributed by atoms with van der Waals surface area (Å²) in [6, 6.07) is 25.1. The van der Waals surface area contributed by atoms with Gasteiger partial charge in [0.15, 0.2) is 0 Å². The minimum atomic E-state index is -0.330. The Labute approximate surface area is 214 Å². The SMILES string of the molecule is CCCCc1ccc(-n2nc3cc(Cl)c(NC(=O)/C=C/c4ccc(-c5ccccc5)o4)cc3n2)cc1. The van der Waals surface area contributed by atoms with Crippen molar-refractivity contribution in [3.05, 3.63) is 101 Å². The number of carbonyl (C=O) groups excluding carboxylic acids is 1. The van der Waals surface area contributed by atoms with Gasteiger partial charge in [-0.15, -0.1) is 10.2 Å². The van der Waals surface area contributed by atoms with Gasteiger partial charge in [-0.1, -0.05) is 67.4 Å². The number of rotatable bonds is 8. The number of anilines is 1. The zero-order chi connectivity index (χ0) is 24.9. The number of nitrogens with one attached hydrogen (secondary N) is 1. The summed E-state index contributed by atoms with van der Waals surface area (Å²) in [5, 5.41) is 12.3. The van der Waals surface area contributed by atoms with E-state index in [1.165, 1.54) is 24.5 Å². The Bertz CT molecular complexity index is 1520. The number of unbranched alkanes of at least 4 members (excludes halogenated alkanes) is 1. The maximum atomic E-state index is 12.5. The topological polar surface area (TPSA) is 73.0 Å². The van der Waals surface area contributed by atoms with Crippen LogP contribution in [-0.4, -0.2) is 20.9 Å². The van der Waals surface area contributed by atoms with Crippen LogP contribution in [0.2, 0.25) is 5.02 Å². The number of hydrogen-bond donors (Lipinski definition) is 1. The molecule has 0 aliphatic heterocycles. The molecule has 6 nitrogen and oxygen atoms in total. The van der Waals surface area contributed by atoms with E-state index in [9.17, 15) is 4.79 Å². The summed E-state index contributed by atoms with van der Waals surface area (Å²) in [5.41, 5.74) is 4.88. The van der Waals surface area contributed by atoms with Crippen molar-refractivity contribution in [2.75, 3.05) is 5.32 Å². The highest BCUT2D eigenvalue weighted by Gasteiger charge is 2.11. The van der Waals surface area contributed by atoms with E-state index in [1.54, 1.807) is 23.0 Å². The summed E-state index contributed by atoms with van der Waals surface area (Å²) in [5.74, 6) is 0.987. The average molecular weight is 497 g/mol. The number of halogens is 1. The zero-order valence-corrected chi connectivity index (χ0v) is 20.6. The summed E-state index contributed by atoms with van der Waals surface area (Å²) in [4.78, 5) is 14.1. The standard InChI is InChI=1S/C29H25ClN4O2/c1-2-3-7-20-10-12-22(13-11-20)34-32-26-18-24(30)25(19-27(26)33-34)31-29(35)17-15-23-14-16-28(36-23)21-8-5-4-6-9-21/h4-6,8-19H,2-3,7H2,1H3,(H,31,35)/b17-15+. The van der Waals surface area contributed by atoms with Gasteiger partial charge in [-0.25, -0.2) is 0 Å². The number of amides is 1. The highest BCUT2D eigenvalue weighted by Crippen LogP contribution is 2.27. The Kier molecular flexibility index (Phi) is 6.96. The van der Waals surface area contributed by atoms with Crippen LogP contribution in [0.4, 0.5) is 5.69 Å². The Morgan fingerprint density at radius 2 is 1.75 bits per heavy atom. The number of benzene rings is 3. The van der Waals surface area contributed by atoms with E-state index in [4.69, 9.17) is 16.0 Å². The third kappa shape index (κ3) is 5.39. The quantitative estimate of drug-likeness (QED) is 0.228. The third-order valence-electron chi connectivity index (χ3n) is 5.80. The molecule has 2 heterocycles. The fraction of sp³-hybridized carbons (Fsp3) is 0.138. The minimum absolute atomic E-state index is 0.330. The van der Waals surface area contributed by atoms with E-state index < -0.39 is 0 Å². The molecule has 1 amide bonds. The van der Waals surface area contributed by atoms with Crippen molar-refractivity contribution < 1.29 is 9.21 Å². The predicted molar refractivity (Wildman–Crippen MR) is 144 cm³/mol. The molecule has 0 atom stereocenters. The van der Waals surface area contributed by atoms with E-state index in [1.807, 2.05) is 54.6 Å². The van der Waals surface area contributed by atoms with Crippen LogP contribution in [0, 0.1) is 0 Å². The van der Waals surface area contributed by atoms with E-state index in [-0.39, 0.29) is 5.91 Å². The summed E-state index contributed by atoms with van der Waals surface area (Å²) < 4.78 is 5.81. The molecule has 5 rings (SSSR count). The molecule has 180 valence electrons. The molecule has 7 heteroatoms. The van der Waals surface area contributed by atoms with Gasteiger partial charge < -0.3 is 9.73 Å². The van der Waals surface area contributed by atoms with Gasteiger partial charge in [-0.05, 0) is 60.9 Å². The van der Waals surface area contributed by atoms with Gasteiger partial charge in [-0.3, -0.25) is 4.79 Å². The van der Waals surface area contributed by atoms with Crippen LogP contribution < -0.4 is 5.32 Å². The summed E-state index contributed by atoms with van der Waals surface area (Å²) >= 11 is 6.43. The number of carbonyl (C=O) groups is 1. The second-order valence-electron chi connectivity index (χ2n) is 8.47. The Morgan fingerprint density at radius 3 is 2.50 bits per heavy atom. The second kappa shape index (κ2) is 10.6. The van der Waals surface area contributed by atoms with Crippen molar-refractivity contribution in [2.45, 2.75) is 26.2 Å². The molecular weight excluding hydrogens is 472 g/mol. The first-order valence-electron chi connectivity index (χ1n) is 11.9. The van der Waals surface area contributed by atoms with Gasteiger partial charge in [-0.2, -0.15) is 4.80 Å². The van der Waals surface area contributed by atoms with E-state index in [0.717, 1.165) is 23.4 Å². The Morgan fingerprint density at radius 1 is 1.00 bits per heavy atom. The highest BCUT2D eigenvalue weighted by molar-refractivity contribution is 6.34. The minimum Gasteiger partial charge on any atom is -0.457 e. The maximum Gasteiger partial charge on any atom is 0.248 e. The van der Waals surface area contributed by atoms with Crippen LogP contribution in [0.15, 0.2) is 89.4 Å². The molecule has 5 aromatic rings. The fourth-order valence-electron chi connectivity index (χ4n) is 3.86. The number of nitrogens with zero attached hydrogens (tertiary/aromatic N) is 3. The van der Waals surface area contributed by atoms with Gasteiger partial charge in [0.1, 0.15) is 22.6 Å². The smallest absolute Gasteiger partial charge is 0.248 e. The monoisotopic (exact) mass is 496 g/mol. The predicted octanol–water partition coefficient (Wildman–Crippen LogP) is 7.33. The van der Waals surface area contributed by atoms with Crippen LogP contribution in [0.3, 0.4) is 0 Å². The molecule has 0 spiro atoms. The van der Waals surface area contributed by atoms with Crippen molar-refractivity contribution in [3.63, 3.8) is 0 Å². The zero-order valence-electron chi connectivity index (χ0n) is 19.8. The van der Waals surface area contributed by atoms with Crippen molar-refractivity contribution in [2.24, 2.45) is 0 Å². The van der Waals surface area contributed by atoms with Gasteiger partial charge in [0.2, 0.25) is 5.91 Å². The lowest BCUT2D eigenvalue weighted by Gasteiger charge is -2.04. The number of aryl methyl sites for hydroxylation is 1. The third-order valence-corrected chi connectivity index (χ3v) is 6.11. The fourth-order valence-corrected chi connectivity index (χ4v) is 4.06. The van der Waals surface area contributed by atoms with Crippen LogP contribution in [0.5, 0.6) is 0 Å². The molecule has 0 saturated carbocycles. The first kappa shape index (κ1) is 23.6. The van der Waals surface area contributed by atoms with Gasteiger partial charge in [0.05, 0.1) is 16.4 Å². The Balaban J connectivity index is 1.29. The van der Waals surface area contributed by atoms with E-state index in [0.29, 0.717) is 27.5 Å². The summed E-state index contributed by atoms with van der Waals surface area (Å²) in [6.45, 7) is 2.19. The molecule has 0 radical (unpaired) electrons. The van der Waals surface area contributed by atoms with Gasteiger partial charge in [0.25, 0.3) is 0 Å². The molecular formula is C29H25ClN4O2. The van der Waals surface area contributed by atoms with Crippen LogP contribution in [0.1, 0.15) is 31.1 Å². The van der Waals surface area contributed by atoms with Gasteiger partial charge in [0, 0.05) is 11.6 Å². The molecule has 3 aromatic carbocycles. The van der Waals surface area contributed by atoms with Crippen LogP contribution >= 0.6 is 11.6 Å². The second-order valence-corrected chi connectivity index (χ2v) is 8.88. The maximum absolute atomic E-state index is 12.5. The number of fused-ring (bicyclic) bond motifs is 1. The highest BCUT2D eigenvalue weighted by atomic mass is 35.5. The molecule has 0 unspecified atom stereocenters. The van der Waals surface area contributed by atoms with Crippen molar-refractivity contribution >= 4 is 40.3 Å². The lowest BCUT2D eigenvalue weighted by molar-refractivity contribution is -0.111. The largest absolute Gasteiger partial charge is 0.457 e. The van der Waals surface area contributed by atoms with Crippen LogP contribution in [0.25, 0.3) is 34.1 Å². The molecule has 1 N–H and O–H groups in total. The van der Waals surface area contributed by atoms with Crippen molar-refractivity contribution in [1.82, 2.24) is 15.0 Å². The summed E-state index contributed by atoms with van der Waals surface area (Å²) in [7, 11) is 0. The molecule has 0 fully saturated rings. The molecule has 0 saturated heterocycles. The number of hydrogen-bond acceptors (Lipinski definition) is 4. The molecule has 0 aliphatic rings. The Hall–Kier alpha value is -4.16. The lowest BCUT2D eigenvalue weighted by atomic mass is 10.1. The van der Waals surface area contributed by atoms with E-state index in [2.05, 4.69) is 34.6 Å². The normalized spacial score (nSPS) is 11.4. The number of aromatic nitrogens is 3. The number of furan rings is 1.